The number of halogens is 1. The van der Waals surface area contributed by atoms with E-state index in [-0.39, 0.29) is 22.5 Å². The van der Waals surface area contributed by atoms with Gasteiger partial charge in [-0.1, -0.05) is 11.6 Å². The summed E-state index contributed by atoms with van der Waals surface area (Å²) in [5.41, 5.74) is 1.49. The molecule has 0 saturated carbocycles. The van der Waals surface area contributed by atoms with Crippen LogP contribution < -0.4 is 10.6 Å². The van der Waals surface area contributed by atoms with E-state index >= 15 is 0 Å². The molecule has 1 aliphatic rings. The summed E-state index contributed by atoms with van der Waals surface area (Å²) in [6.07, 6.45) is 0.861. The molecule has 6 nitrogen and oxygen atoms in total. The van der Waals surface area contributed by atoms with Gasteiger partial charge >= 0.3 is 0 Å². The molecule has 0 spiro atoms. The van der Waals surface area contributed by atoms with E-state index in [1.807, 2.05) is 6.92 Å². The highest BCUT2D eigenvalue weighted by molar-refractivity contribution is 7.88. The van der Waals surface area contributed by atoms with Crippen LogP contribution in [0, 0.1) is 0 Å². The van der Waals surface area contributed by atoms with Crippen molar-refractivity contribution in [1.82, 2.24) is 5.32 Å². The molecule has 0 radical (unpaired) electrons. The van der Waals surface area contributed by atoms with E-state index in [1.54, 1.807) is 24.3 Å². The van der Waals surface area contributed by atoms with Gasteiger partial charge in [0.05, 0.1) is 11.6 Å². The molecule has 118 valence electrons. The number of rotatable bonds is 5. The molecule has 1 fully saturated rings. The molecule has 0 aromatic heterocycles. The molecule has 1 aromatic rings. The molecule has 2 amide bonds. The number of amides is 2. The van der Waals surface area contributed by atoms with Crippen LogP contribution >= 0.6 is 11.6 Å². The van der Waals surface area contributed by atoms with Gasteiger partial charge in [0.2, 0.25) is 11.8 Å². The first kappa shape index (κ1) is 16.6. The minimum absolute atomic E-state index is 0.0160. The fourth-order valence-electron chi connectivity index (χ4n) is 1.70. The van der Waals surface area contributed by atoms with Crippen LogP contribution in [-0.4, -0.2) is 29.2 Å². The molecule has 1 atom stereocenters. The zero-order chi connectivity index (χ0) is 15.9. The molecule has 1 aliphatic heterocycles. The van der Waals surface area contributed by atoms with E-state index in [9.17, 15) is 9.59 Å². The zero-order valence-corrected chi connectivity index (χ0v) is 13.7. The van der Waals surface area contributed by atoms with Crippen molar-refractivity contribution in [2.75, 3.05) is 16.9 Å². The van der Waals surface area contributed by atoms with Gasteiger partial charge in [0, 0.05) is 22.8 Å². The van der Waals surface area contributed by atoms with Crippen molar-refractivity contribution in [3.63, 3.8) is 0 Å². The van der Waals surface area contributed by atoms with Gasteiger partial charge in [-0.25, -0.2) is 0 Å². The summed E-state index contributed by atoms with van der Waals surface area (Å²) in [6.45, 7) is 1.83. The second-order valence-electron chi connectivity index (χ2n) is 4.82. The molecule has 0 bridgehead atoms. The molecule has 2 rings (SSSR count). The Kier molecular flexibility index (Phi) is 6.09. The highest BCUT2D eigenvalue weighted by atomic mass is 35.5. The summed E-state index contributed by atoms with van der Waals surface area (Å²) in [5, 5.41) is 10.2. The Bertz CT molecular complexity index is 628. The van der Waals surface area contributed by atoms with Crippen LogP contribution in [0.2, 0.25) is 5.02 Å². The van der Waals surface area contributed by atoms with Gasteiger partial charge in [0.15, 0.2) is 0 Å². The third kappa shape index (κ3) is 5.57. The Morgan fingerprint density at radius 1 is 1.36 bits per heavy atom. The molecule has 1 saturated heterocycles. The maximum atomic E-state index is 11.8. The molecule has 1 aromatic carbocycles. The van der Waals surface area contributed by atoms with Crippen molar-refractivity contribution >= 4 is 45.5 Å². The van der Waals surface area contributed by atoms with Gasteiger partial charge in [-0.15, -0.1) is 4.47 Å². The number of anilines is 1. The third-order valence-corrected chi connectivity index (χ3v) is 4.54. The second kappa shape index (κ2) is 8.05. The Morgan fingerprint density at radius 3 is 2.73 bits per heavy atom. The Morgan fingerprint density at radius 2 is 2.09 bits per heavy atom. The predicted octanol–water partition coefficient (Wildman–Crippen LogP) is 2.32. The predicted molar refractivity (Wildman–Crippen MR) is 90.1 cm³/mol. The van der Waals surface area contributed by atoms with E-state index in [4.69, 9.17) is 11.6 Å². The van der Waals surface area contributed by atoms with Gasteiger partial charge in [0.1, 0.15) is 0 Å². The number of nitrogens with zero attached hydrogens (tertiary/aromatic N) is 2. The first-order valence-electron chi connectivity index (χ1n) is 6.77. The van der Waals surface area contributed by atoms with Crippen molar-refractivity contribution in [1.29, 1.82) is 0 Å². The summed E-state index contributed by atoms with van der Waals surface area (Å²) in [4.78, 5) is 22.9. The van der Waals surface area contributed by atoms with Crippen LogP contribution in [0.1, 0.15) is 19.8 Å². The lowest BCUT2D eigenvalue weighted by atomic mass is 10.2. The maximum absolute atomic E-state index is 11.8. The quantitative estimate of drug-likeness (QED) is 0.637. The van der Waals surface area contributed by atoms with Crippen LogP contribution in [0.15, 0.2) is 33.8 Å². The minimum Gasteiger partial charge on any atom is -0.345 e. The molecule has 22 heavy (non-hydrogen) atoms. The fourth-order valence-corrected chi connectivity index (χ4v) is 3.03. The van der Waals surface area contributed by atoms with E-state index in [1.165, 1.54) is 0 Å². The number of carbonyl (C=O) groups excluding carboxylic acids is 2. The van der Waals surface area contributed by atoms with E-state index in [0.29, 0.717) is 35.2 Å². The van der Waals surface area contributed by atoms with Crippen LogP contribution in [0.3, 0.4) is 0 Å². The summed E-state index contributed by atoms with van der Waals surface area (Å²) in [5.74, 6) is 0.903. The van der Waals surface area contributed by atoms with E-state index in [2.05, 4.69) is 20.2 Å². The minimum atomic E-state index is -0.362. The molecular formula is C14H17ClN4O2S. The summed E-state index contributed by atoms with van der Waals surface area (Å²) in [7, 11) is -0.362. The second-order valence-corrected chi connectivity index (χ2v) is 6.92. The standard InChI is InChI=1S/C14H17ClN4O2S/c1-10(18-19-22-8-14(21)16-9-22)2-7-13(20)17-12-5-3-11(15)4-6-12/h3-6H,2,7-9H2,1H3,(H,16,21)(H,17,20)/b18-10+. The van der Waals surface area contributed by atoms with Crippen molar-refractivity contribution < 1.29 is 9.59 Å². The molecule has 1 unspecified atom stereocenters. The molecule has 8 heteroatoms. The summed E-state index contributed by atoms with van der Waals surface area (Å²) < 4.78 is 4.13. The first-order chi connectivity index (χ1) is 10.5. The van der Waals surface area contributed by atoms with E-state index in [0.717, 1.165) is 5.71 Å². The molecule has 1 heterocycles. The maximum Gasteiger partial charge on any atom is 0.231 e. The van der Waals surface area contributed by atoms with Gasteiger partial charge in [-0.2, -0.15) is 5.10 Å². The van der Waals surface area contributed by atoms with Crippen LogP contribution in [0.4, 0.5) is 5.69 Å². The van der Waals surface area contributed by atoms with Gasteiger partial charge < -0.3 is 10.6 Å². The Hall–Kier alpha value is -1.73. The largest absolute Gasteiger partial charge is 0.345 e. The van der Waals surface area contributed by atoms with Crippen LogP contribution in [0.5, 0.6) is 0 Å². The van der Waals surface area contributed by atoms with Gasteiger partial charge in [0.25, 0.3) is 0 Å². The lowest BCUT2D eigenvalue weighted by Crippen LogP contribution is -2.14. The summed E-state index contributed by atoms with van der Waals surface area (Å²) in [6, 6.07) is 6.95. The SMILES string of the molecule is C/C(CCC(=O)Nc1ccc(Cl)cc1)=N\N=S1\CNC(=O)C1. The third-order valence-electron chi connectivity index (χ3n) is 2.90. The summed E-state index contributed by atoms with van der Waals surface area (Å²) >= 11 is 5.78. The van der Waals surface area contributed by atoms with Crippen molar-refractivity contribution in [3.05, 3.63) is 29.3 Å². The van der Waals surface area contributed by atoms with Crippen LogP contribution in [0.25, 0.3) is 0 Å². The highest BCUT2D eigenvalue weighted by Crippen LogP contribution is 2.13. The highest BCUT2D eigenvalue weighted by Gasteiger charge is 2.14. The lowest BCUT2D eigenvalue weighted by molar-refractivity contribution is -0.118. The average molecular weight is 341 g/mol. The van der Waals surface area contributed by atoms with Crippen molar-refractivity contribution in [2.24, 2.45) is 9.57 Å². The average Bonchev–Trinajstić information content (AvgIpc) is 2.91. The Balaban J connectivity index is 1.78. The smallest absolute Gasteiger partial charge is 0.231 e. The zero-order valence-electron chi connectivity index (χ0n) is 12.1. The Labute approximate surface area is 136 Å². The molecule has 0 aliphatic carbocycles. The lowest BCUT2D eigenvalue weighted by Gasteiger charge is -2.04. The number of hydrogen-bond acceptors (Lipinski definition) is 3. The van der Waals surface area contributed by atoms with Crippen molar-refractivity contribution in [2.45, 2.75) is 19.8 Å². The first-order valence-corrected chi connectivity index (χ1v) is 8.66. The molecular weight excluding hydrogens is 324 g/mol. The van der Waals surface area contributed by atoms with Crippen molar-refractivity contribution in [3.8, 4) is 0 Å². The van der Waals surface area contributed by atoms with Crippen LogP contribution in [-0.2, 0) is 20.3 Å². The van der Waals surface area contributed by atoms with E-state index < -0.39 is 0 Å². The monoisotopic (exact) mass is 340 g/mol. The number of benzene rings is 1. The van der Waals surface area contributed by atoms with Gasteiger partial charge in [-0.05, 0) is 48.3 Å². The normalized spacial score (nSPS) is 18.4. The number of nitrogens with one attached hydrogen (secondary N) is 2. The topological polar surface area (TPSA) is 82.9 Å². The van der Waals surface area contributed by atoms with Gasteiger partial charge in [-0.3, -0.25) is 9.59 Å². The molecule has 2 N–H and O–H groups in total. The fraction of sp³-hybridized carbons (Fsp3) is 0.357. The number of hydrogen-bond donors (Lipinski definition) is 2. The number of carbonyl (C=O) groups is 2.